The summed E-state index contributed by atoms with van der Waals surface area (Å²) in [5.41, 5.74) is 1.20. The third kappa shape index (κ3) is 2.43. The van der Waals surface area contributed by atoms with Crippen molar-refractivity contribution < 1.29 is 0 Å². The zero-order chi connectivity index (χ0) is 16.0. The van der Waals surface area contributed by atoms with Gasteiger partial charge in [-0.3, -0.25) is 0 Å². The molecule has 0 atom stereocenters. The van der Waals surface area contributed by atoms with Gasteiger partial charge in [0.2, 0.25) is 0 Å². The largest absolute Gasteiger partial charge is 0.352 e. The van der Waals surface area contributed by atoms with E-state index in [0.29, 0.717) is 17.1 Å². The molecule has 3 aromatic rings. The van der Waals surface area contributed by atoms with Gasteiger partial charge < -0.3 is 4.90 Å². The van der Waals surface area contributed by atoms with Crippen molar-refractivity contribution in [3.63, 3.8) is 0 Å². The fraction of sp³-hybridized carbons (Fsp3) is 0.375. The summed E-state index contributed by atoms with van der Waals surface area (Å²) < 4.78 is 1.90. The van der Waals surface area contributed by atoms with Crippen molar-refractivity contribution in [3.05, 3.63) is 41.6 Å². The first-order valence-electron chi connectivity index (χ1n) is 7.68. The average Bonchev–Trinajstić information content (AvgIpc) is 2.99. The van der Waals surface area contributed by atoms with E-state index in [1.807, 2.05) is 29.3 Å². The number of nitrogens with zero attached hydrogens (tertiary/aromatic N) is 6. The zero-order valence-corrected chi connectivity index (χ0v) is 13.8. The van der Waals surface area contributed by atoms with Crippen molar-refractivity contribution in [3.8, 4) is 0 Å². The SMILES string of the molecule is CC(C)c1cnc(N2CC(n3ccnn3)C2)c2cnc(Cl)cc12. The topological polar surface area (TPSA) is 59.7 Å². The molecule has 4 rings (SSSR count). The Hall–Kier alpha value is -2.21. The molecule has 0 aliphatic carbocycles. The summed E-state index contributed by atoms with van der Waals surface area (Å²) in [5.74, 6) is 1.35. The fourth-order valence-corrected chi connectivity index (χ4v) is 3.19. The van der Waals surface area contributed by atoms with Gasteiger partial charge in [-0.05, 0) is 22.9 Å². The molecule has 0 amide bonds. The molecule has 0 saturated carbocycles. The van der Waals surface area contributed by atoms with Crippen LogP contribution < -0.4 is 4.90 Å². The molecule has 6 nitrogen and oxygen atoms in total. The maximum Gasteiger partial charge on any atom is 0.138 e. The van der Waals surface area contributed by atoms with Crippen molar-refractivity contribution in [2.45, 2.75) is 25.8 Å². The van der Waals surface area contributed by atoms with E-state index >= 15 is 0 Å². The maximum atomic E-state index is 6.10. The van der Waals surface area contributed by atoms with Crippen molar-refractivity contribution in [2.75, 3.05) is 18.0 Å². The highest BCUT2D eigenvalue weighted by molar-refractivity contribution is 6.30. The minimum atomic E-state index is 0.347. The Kier molecular flexibility index (Phi) is 3.41. The second-order valence-electron chi connectivity index (χ2n) is 6.19. The van der Waals surface area contributed by atoms with E-state index in [1.165, 1.54) is 5.56 Å². The van der Waals surface area contributed by atoms with E-state index in [0.717, 1.165) is 29.7 Å². The molecule has 0 aromatic carbocycles. The number of fused-ring (bicyclic) bond motifs is 1. The molecule has 3 aromatic heterocycles. The molecular weight excluding hydrogens is 312 g/mol. The van der Waals surface area contributed by atoms with Gasteiger partial charge in [0.25, 0.3) is 0 Å². The van der Waals surface area contributed by atoms with Crippen LogP contribution in [0.4, 0.5) is 5.82 Å². The molecular formula is C16H17ClN6. The first-order valence-corrected chi connectivity index (χ1v) is 8.06. The highest BCUT2D eigenvalue weighted by Crippen LogP contribution is 2.35. The predicted molar refractivity (Wildman–Crippen MR) is 89.9 cm³/mol. The molecule has 1 saturated heterocycles. The lowest BCUT2D eigenvalue weighted by Crippen LogP contribution is -2.48. The van der Waals surface area contributed by atoms with Crippen LogP contribution in [-0.4, -0.2) is 38.1 Å². The maximum absolute atomic E-state index is 6.10. The van der Waals surface area contributed by atoms with Crippen LogP contribution in [0.25, 0.3) is 10.8 Å². The van der Waals surface area contributed by atoms with E-state index in [9.17, 15) is 0 Å². The lowest BCUT2D eigenvalue weighted by molar-refractivity contribution is 0.359. The first kappa shape index (κ1) is 14.4. The van der Waals surface area contributed by atoms with E-state index in [4.69, 9.17) is 16.6 Å². The summed E-state index contributed by atoms with van der Waals surface area (Å²) >= 11 is 6.10. The van der Waals surface area contributed by atoms with Gasteiger partial charge in [0.05, 0.1) is 12.2 Å². The number of hydrogen-bond donors (Lipinski definition) is 0. The van der Waals surface area contributed by atoms with Gasteiger partial charge in [-0.1, -0.05) is 30.7 Å². The number of halogens is 1. The second kappa shape index (κ2) is 5.45. The molecule has 7 heteroatoms. The van der Waals surface area contributed by atoms with Crippen molar-refractivity contribution in [1.29, 1.82) is 0 Å². The van der Waals surface area contributed by atoms with E-state index in [-0.39, 0.29) is 0 Å². The third-order valence-corrected chi connectivity index (χ3v) is 4.55. The molecule has 1 fully saturated rings. The first-order chi connectivity index (χ1) is 11.1. The van der Waals surface area contributed by atoms with Gasteiger partial charge in [-0.2, -0.15) is 0 Å². The third-order valence-electron chi connectivity index (χ3n) is 4.35. The van der Waals surface area contributed by atoms with Crippen LogP contribution >= 0.6 is 11.6 Å². The van der Waals surface area contributed by atoms with Gasteiger partial charge in [0, 0.05) is 37.1 Å². The highest BCUT2D eigenvalue weighted by Gasteiger charge is 2.31. The van der Waals surface area contributed by atoms with Crippen LogP contribution in [0.3, 0.4) is 0 Å². The molecule has 0 radical (unpaired) electrons. The van der Waals surface area contributed by atoms with Gasteiger partial charge >= 0.3 is 0 Å². The van der Waals surface area contributed by atoms with Gasteiger partial charge in [0.1, 0.15) is 11.0 Å². The summed E-state index contributed by atoms with van der Waals surface area (Å²) in [5, 5.41) is 10.6. The molecule has 118 valence electrons. The molecule has 1 aliphatic heterocycles. The van der Waals surface area contributed by atoms with Crippen LogP contribution in [-0.2, 0) is 0 Å². The number of hydrogen-bond acceptors (Lipinski definition) is 5. The van der Waals surface area contributed by atoms with Crippen LogP contribution in [0.1, 0.15) is 31.4 Å². The van der Waals surface area contributed by atoms with Gasteiger partial charge in [-0.15, -0.1) is 5.10 Å². The molecule has 0 bridgehead atoms. The minimum absolute atomic E-state index is 0.347. The van der Waals surface area contributed by atoms with Crippen molar-refractivity contribution >= 4 is 28.2 Å². The Morgan fingerprint density at radius 1 is 1.17 bits per heavy atom. The quantitative estimate of drug-likeness (QED) is 0.691. The predicted octanol–water partition coefficient (Wildman–Crippen LogP) is 3.06. The van der Waals surface area contributed by atoms with Crippen LogP contribution in [0, 0.1) is 0 Å². The molecule has 23 heavy (non-hydrogen) atoms. The van der Waals surface area contributed by atoms with Crippen LogP contribution in [0.2, 0.25) is 5.15 Å². The molecule has 0 spiro atoms. The standard InChI is InChI=1S/C16H17ClN6/c1-10(2)13-6-19-16(14-7-18-15(17)5-12(13)14)22-8-11(9-22)23-4-3-20-21-23/h3-7,10-11H,8-9H2,1-2H3. The van der Waals surface area contributed by atoms with Crippen LogP contribution in [0.5, 0.6) is 0 Å². The van der Waals surface area contributed by atoms with E-state index in [2.05, 4.69) is 34.0 Å². The Bertz CT molecular complexity index is 839. The smallest absolute Gasteiger partial charge is 0.138 e. The Morgan fingerprint density at radius 2 is 2.00 bits per heavy atom. The Morgan fingerprint density at radius 3 is 2.70 bits per heavy atom. The monoisotopic (exact) mass is 328 g/mol. The highest BCUT2D eigenvalue weighted by atomic mass is 35.5. The molecule has 1 aliphatic rings. The molecule has 0 unspecified atom stereocenters. The second-order valence-corrected chi connectivity index (χ2v) is 6.57. The summed E-state index contributed by atoms with van der Waals surface area (Å²) in [4.78, 5) is 11.2. The summed E-state index contributed by atoms with van der Waals surface area (Å²) in [6.07, 6.45) is 7.40. The summed E-state index contributed by atoms with van der Waals surface area (Å²) in [7, 11) is 0. The lowest BCUT2D eigenvalue weighted by Gasteiger charge is -2.40. The lowest BCUT2D eigenvalue weighted by atomic mass is 9.98. The summed E-state index contributed by atoms with van der Waals surface area (Å²) in [6.45, 7) is 6.06. The zero-order valence-electron chi connectivity index (χ0n) is 13.0. The Labute approximate surface area is 139 Å². The Balaban J connectivity index is 1.70. The van der Waals surface area contributed by atoms with Gasteiger partial charge in [-0.25, -0.2) is 14.6 Å². The number of pyridine rings is 2. The van der Waals surface area contributed by atoms with E-state index < -0.39 is 0 Å². The van der Waals surface area contributed by atoms with Crippen LogP contribution in [0.15, 0.2) is 30.9 Å². The van der Waals surface area contributed by atoms with Crippen molar-refractivity contribution in [1.82, 2.24) is 25.0 Å². The number of anilines is 1. The van der Waals surface area contributed by atoms with Crippen molar-refractivity contribution in [2.24, 2.45) is 0 Å². The molecule has 0 N–H and O–H groups in total. The summed E-state index contributed by atoms with van der Waals surface area (Å²) in [6, 6.07) is 2.28. The fourth-order valence-electron chi connectivity index (χ4n) is 3.04. The minimum Gasteiger partial charge on any atom is -0.352 e. The molecule has 4 heterocycles. The van der Waals surface area contributed by atoms with E-state index in [1.54, 1.807) is 6.20 Å². The van der Waals surface area contributed by atoms with Gasteiger partial charge in [0.15, 0.2) is 0 Å². The number of aromatic nitrogens is 5. The average molecular weight is 329 g/mol. The normalized spacial score (nSPS) is 15.4. The number of rotatable bonds is 3.